The van der Waals surface area contributed by atoms with Crippen molar-refractivity contribution in [2.24, 2.45) is 0 Å². The SMILES string of the molecule is CC(C)N(CCOc1ncccc1CCl)C(C)C. The van der Waals surface area contributed by atoms with Crippen LogP contribution in [0.25, 0.3) is 0 Å². The van der Waals surface area contributed by atoms with Gasteiger partial charge in [-0.1, -0.05) is 6.07 Å². The van der Waals surface area contributed by atoms with E-state index in [4.69, 9.17) is 16.3 Å². The number of rotatable bonds is 7. The molecule has 0 unspecified atom stereocenters. The molecule has 0 atom stereocenters. The van der Waals surface area contributed by atoms with E-state index in [1.165, 1.54) is 0 Å². The number of hydrogen-bond donors (Lipinski definition) is 0. The first-order valence-electron chi connectivity index (χ1n) is 6.44. The first-order chi connectivity index (χ1) is 8.56. The molecule has 1 aromatic heterocycles. The minimum atomic E-state index is 0.432. The Morgan fingerprint density at radius 2 is 1.94 bits per heavy atom. The maximum Gasteiger partial charge on any atom is 0.217 e. The molecule has 0 aliphatic heterocycles. The third-order valence-electron chi connectivity index (χ3n) is 2.91. The van der Waals surface area contributed by atoms with E-state index in [9.17, 15) is 0 Å². The average Bonchev–Trinajstić information content (AvgIpc) is 2.34. The van der Waals surface area contributed by atoms with E-state index < -0.39 is 0 Å². The van der Waals surface area contributed by atoms with Gasteiger partial charge in [-0.3, -0.25) is 4.90 Å². The molecule has 0 aromatic carbocycles. The van der Waals surface area contributed by atoms with Gasteiger partial charge in [0, 0.05) is 30.4 Å². The molecule has 102 valence electrons. The molecule has 1 rings (SSSR count). The summed E-state index contributed by atoms with van der Waals surface area (Å²) in [4.78, 5) is 6.60. The Bertz CT molecular complexity index is 347. The highest BCUT2D eigenvalue weighted by molar-refractivity contribution is 6.17. The van der Waals surface area contributed by atoms with Gasteiger partial charge in [-0.2, -0.15) is 0 Å². The quantitative estimate of drug-likeness (QED) is 0.711. The maximum atomic E-state index is 5.84. The third-order valence-corrected chi connectivity index (χ3v) is 3.20. The van der Waals surface area contributed by atoms with Crippen LogP contribution in [-0.4, -0.2) is 35.1 Å². The summed E-state index contributed by atoms with van der Waals surface area (Å²) in [5, 5.41) is 0. The summed E-state index contributed by atoms with van der Waals surface area (Å²) in [5.74, 6) is 1.08. The molecule has 0 bridgehead atoms. The minimum Gasteiger partial charge on any atom is -0.476 e. The topological polar surface area (TPSA) is 25.4 Å². The number of halogens is 1. The predicted octanol–water partition coefficient (Wildman–Crippen LogP) is 3.32. The van der Waals surface area contributed by atoms with Crippen LogP contribution >= 0.6 is 11.6 Å². The Morgan fingerprint density at radius 3 is 2.50 bits per heavy atom. The molecule has 0 N–H and O–H groups in total. The Morgan fingerprint density at radius 1 is 1.28 bits per heavy atom. The number of nitrogens with zero attached hydrogens (tertiary/aromatic N) is 2. The molecule has 0 fully saturated rings. The van der Waals surface area contributed by atoms with Crippen molar-refractivity contribution in [1.29, 1.82) is 0 Å². The molecule has 0 amide bonds. The molecular formula is C14H23ClN2O. The number of ether oxygens (including phenoxy) is 1. The Labute approximate surface area is 115 Å². The number of aromatic nitrogens is 1. The van der Waals surface area contributed by atoms with Gasteiger partial charge in [-0.15, -0.1) is 11.6 Å². The summed E-state index contributed by atoms with van der Waals surface area (Å²) in [6, 6.07) is 4.85. The minimum absolute atomic E-state index is 0.432. The lowest BCUT2D eigenvalue weighted by atomic mass is 10.2. The highest BCUT2D eigenvalue weighted by Crippen LogP contribution is 2.16. The lowest BCUT2D eigenvalue weighted by Crippen LogP contribution is -2.39. The van der Waals surface area contributed by atoms with E-state index in [1.54, 1.807) is 6.20 Å². The van der Waals surface area contributed by atoms with Crippen LogP contribution in [-0.2, 0) is 5.88 Å². The summed E-state index contributed by atoms with van der Waals surface area (Å²) >= 11 is 5.84. The van der Waals surface area contributed by atoms with E-state index >= 15 is 0 Å². The van der Waals surface area contributed by atoms with Gasteiger partial charge in [0.1, 0.15) is 6.61 Å². The van der Waals surface area contributed by atoms with E-state index in [0.29, 0.717) is 30.5 Å². The van der Waals surface area contributed by atoms with E-state index in [-0.39, 0.29) is 0 Å². The van der Waals surface area contributed by atoms with Gasteiger partial charge in [0.05, 0.1) is 5.88 Å². The van der Waals surface area contributed by atoms with Crippen molar-refractivity contribution in [2.75, 3.05) is 13.2 Å². The number of hydrogen-bond acceptors (Lipinski definition) is 3. The Kier molecular flexibility index (Phi) is 6.44. The van der Waals surface area contributed by atoms with Crippen LogP contribution < -0.4 is 4.74 Å². The van der Waals surface area contributed by atoms with Crippen LogP contribution in [0.15, 0.2) is 18.3 Å². The second-order valence-corrected chi connectivity index (χ2v) is 5.14. The molecule has 3 nitrogen and oxygen atoms in total. The standard InChI is InChI=1S/C14H23ClN2O/c1-11(2)17(12(3)4)8-9-18-14-13(10-15)6-5-7-16-14/h5-7,11-12H,8-10H2,1-4H3. The third kappa shape index (κ3) is 4.46. The van der Waals surface area contributed by atoms with Crippen molar-refractivity contribution in [2.45, 2.75) is 45.7 Å². The van der Waals surface area contributed by atoms with Gasteiger partial charge in [0.25, 0.3) is 0 Å². The second-order valence-electron chi connectivity index (χ2n) is 4.88. The van der Waals surface area contributed by atoms with Crippen LogP contribution in [0.1, 0.15) is 33.3 Å². The average molecular weight is 271 g/mol. The molecule has 0 saturated heterocycles. The zero-order valence-electron chi connectivity index (χ0n) is 11.7. The van der Waals surface area contributed by atoms with Gasteiger partial charge in [0.15, 0.2) is 0 Å². The summed E-state index contributed by atoms with van der Waals surface area (Å²) in [6.45, 7) is 10.3. The zero-order chi connectivity index (χ0) is 13.5. The molecule has 0 radical (unpaired) electrons. The van der Waals surface area contributed by atoms with Gasteiger partial charge in [-0.05, 0) is 33.8 Å². The smallest absolute Gasteiger partial charge is 0.217 e. The highest BCUT2D eigenvalue weighted by Gasteiger charge is 2.13. The monoisotopic (exact) mass is 270 g/mol. The highest BCUT2D eigenvalue weighted by atomic mass is 35.5. The van der Waals surface area contributed by atoms with Gasteiger partial charge < -0.3 is 4.74 Å². The van der Waals surface area contributed by atoms with Gasteiger partial charge >= 0.3 is 0 Å². The molecule has 0 spiro atoms. The van der Waals surface area contributed by atoms with E-state index in [0.717, 1.165) is 12.1 Å². The number of pyridine rings is 1. The van der Waals surface area contributed by atoms with Crippen LogP contribution in [0, 0.1) is 0 Å². The molecule has 0 aliphatic rings. The molecule has 18 heavy (non-hydrogen) atoms. The van der Waals surface area contributed by atoms with Crippen molar-refractivity contribution < 1.29 is 4.74 Å². The second kappa shape index (κ2) is 7.59. The summed E-state index contributed by atoms with van der Waals surface area (Å²) in [6.07, 6.45) is 1.73. The van der Waals surface area contributed by atoms with Crippen molar-refractivity contribution in [3.05, 3.63) is 23.9 Å². The zero-order valence-corrected chi connectivity index (χ0v) is 12.4. The van der Waals surface area contributed by atoms with Crippen molar-refractivity contribution >= 4 is 11.6 Å². The summed E-state index contributed by atoms with van der Waals surface area (Å²) < 4.78 is 5.72. The van der Waals surface area contributed by atoms with Crippen LogP contribution in [0.4, 0.5) is 0 Å². The molecular weight excluding hydrogens is 248 g/mol. The van der Waals surface area contributed by atoms with Gasteiger partial charge in [0.2, 0.25) is 5.88 Å². The summed E-state index contributed by atoms with van der Waals surface area (Å²) in [7, 11) is 0. The Hall–Kier alpha value is -0.800. The lowest BCUT2D eigenvalue weighted by Gasteiger charge is -2.30. The maximum absolute atomic E-state index is 5.84. The molecule has 1 heterocycles. The van der Waals surface area contributed by atoms with Crippen LogP contribution in [0.3, 0.4) is 0 Å². The molecule has 4 heteroatoms. The lowest BCUT2D eigenvalue weighted by molar-refractivity contribution is 0.140. The van der Waals surface area contributed by atoms with Crippen molar-refractivity contribution in [3.63, 3.8) is 0 Å². The van der Waals surface area contributed by atoms with E-state index in [2.05, 4.69) is 37.6 Å². The molecule has 0 aliphatic carbocycles. The number of alkyl halides is 1. The van der Waals surface area contributed by atoms with E-state index in [1.807, 2.05) is 12.1 Å². The largest absolute Gasteiger partial charge is 0.476 e. The fraction of sp³-hybridized carbons (Fsp3) is 0.643. The first-order valence-corrected chi connectivity index (χ1v) is 6.98. The van der Waals surface area contributed by atoms with Crippen LogP contribution in [0.2, 0.25) is 0 Å². The Balaban J connectivity index is 2.50. The summed E-state index contributed by atoms with van der Waals surface area (Å²) in [5.41, 5.74) is 0.944. The predicted molar refractivity (Wildman–Crippen MR) is 76.3 cm³/mol. The molecule has 1 aromatic rings. The first kappa shape index (κ1) is 15.3. The van der Waals surface area contributed by atoms with Crippen molar-refractivity contribution in [3.8, 4) is 5.88 Å². The van der Waals surface area contributed by atoms with Crippen molar-refractivity contribution in [1.82, 2.24) is 9.88 Å². The van der Waals surface area contributed by atoms with Gasteiger partial charge in [-0.25, -0.2) is 4.98 Å². The normalized spacial score (nSPS) is 11.6. The fourth-order valence-corrected chi connectivity index (χ4v) is 2.22. The fourth-order valence-electron chi connectivity index (χ4n) is 2.02. The molecule has 0 saturated carbocycles. The van der Waals surface area contributed by atoms with Crippen LogP contribution in [0.5, 0.6) is 5.88 Å².